The molecule has 0 aliphatic heterocycles. The number of ketones is 1. The van der Waals surface area contributed by atoms with Gasteiger partial charge in [-0.05, 0) is 26.2 Å². The summed E-state index contributed by atoms with van der Waals surface area (Å²) in [6.45, 7) is 3.68. The van der Waals surface area contributed by atoms with Crippen molar-refractivity contribution in [3.05, 3.63) is 0 Å². The van der Waals surface area contributed by atoms with Crippen LogP contribution in [0.25, 0.3) is 0 Å². The average molecular weight is 172 g/mol. The van der Waals surface area contributed by atoms with E-state index in [4.69, 9.17) is 0 Å². The van der Waals surface area contributed by atoms with Crippen LogP contribution in [0.5, 0.6) is 0 Å². The Bertz CT molecular complexity index is 121. The fourth-order valence-electron chi connectivity index (χ4n) is 1.23. The molecular weight excluding hydrogens is 152 g/mol. The molecule has 0 aliphatic rings. The minimum atomic E-state index is -0.151. The highest BCUT2D eigenvalue weighted by Gasteiger charge is 2.02. The minimum Gasteiger partial charge on any atom is -0.393 e. The summed E-state index contributed by atoms with van der Waals surface area (Å²) in [5.41, 5.74) is 0. The molecule has 0 spiro atoms. The van der Waals surface area contributed by atoms with E-state index < -0.39 is 0 Å². The van der Waals surface area contributed by atoms with Gasteiger partial charge in [0.1, 0.15) is 5.78 Å². The standard InChI is InChI=1S/C10H20O2/c1-3-6-10(12)8-5-4-7-9(2)11/h10,12H,3-8H2,1-2H3. The lowest BCUT2D eigenvalue weighted by Crippen LogP contribution is -2.05. The van der Waals surface area contributed by atoms with Crippen LogP contribution in [0, 0.1) is 0 Å². The molecule has 0 saturated heterocycles. The van der Waals surface area contributed by atoms with Crippen LogP contribution in [0.4, 0.5) is 0 Å². The average Bonchev–Trinajstić information content (AvgIpc) is 1.98. The van der Waals surface area contributed by atoms with E-state index in [2.05, 4.69) is 6.92 Å². The number of carbonyl (C=O) groups excluding carboxylic acids is 1. The van der Waals surface area contributed by atoms with E-state index in [-0.39, 0.29) is 11.9 Å². The molecule has 0 aromatic carbocycles. The van der Waals surface area contributed by atoms with Gasteiger partial charge >= 0.3 is 0 Å². The fraction of sp³-hybridized carbons (Fsp3) is 0.900. The van der Waals surface area contributed by atoms with E-state index in [1.54, 1.807) is 6.92 Å². The van der Waals surface area contributed by atoms with E-state index in [1.165, 1.54) is 0 Å². The zero-order valence-corrected chi connectivity index (χ0v) is 8.18. The van der Waals surface area contributed by atoms with Gasteiger partial charge in [0.15, 0.2) is 0 Å². The van der Waals surface area contributed by atoms with Gasteiger partial charge in [-0.1, -0.05) is 19.8 Å². The Morgan fingerprint density at radius 3 is 2.50 bits per heavy atom. The van der Waals surface area contributed by atoms with Gasteiger partial charge in [-0.2, -0.15) is 0 Å². The molecule has 0 aromatic heterocycles. The van der Waals surface area contributed by atoms with Crippen LogP contribution in [0.1, 0.15) is 52.4 Å². The molecule has 1 unspecified atom stereocenters. The lowest BCUT2D eigenvalue weighted by atomic mass is 10.1. The zero-order chi connectivity index (χ0) is 9.40. The summed E-state index contributed by atoms with van der Waals surface area (Å²) < 4.78 is 0. The van der Waals surface area contributed by atoms with Crippen molar-refractivity contribution in [3.8, 4) is 0 Å². The zero-order valence-electron chi connectivity index (χ0n) is 8.18. The SMILES string of the molecule is CCCC(O)CCCCC(C)=O. The summed E-state index contributed by atoms with van der Waals surface area (Å²) >= 11 is 0. The van der Waals surface area contributed by atoms with E-state index in [0.29, 0.717) is 6.42 Å². The summed E-state index contributed by atoms with van der Waals surface area (Å²) in [6, 6.07) is 0. The molecule has 1 atom stereocenters. The van der Waals surface area contributed by atoms with Crippen molar-refractivity contribution in [1.82, 2.24) is 0 Å². The molecule has 2 nitrogen and oxygen atoms in total. The highest BCUT2D eigenvalue weighted by Crippen LogP contribution is 2.07. The van der Waals surface area contributed by atoms with Crippen LogP contribution in [-0.2, 0) is 4.79 Å². The van der Waals surface area contributed by atoms with E-state index >= 15 is 0 Å². The fourth-order valence-corrected chi connectivity index (χ4v) is 1.23. The molecule has 12 heavy (non-hydrogen) atoms. The number of aliphatic hydroxyl groups is 1. The van der Waals surface area contributed by atoms with Gasteiger partial charge in [-0.3, -0.25) is 0 Å². The first-order valence-electron chi connectivity index (χ1n) is 4.84. The number of hydrogen-bond donors (Lipinski definition) is 1. The second-order valence-electron chi connectivity index (χ2n) is 3.39. The summed E-state index contributed by atoms with van der Waals surface area (Å²) in [6.07, 6.45) is 5.19. The normalized spacial score (nSPS) is 12.9. The van der Waals surface area contributed by atoms with Crippen molar-refractivity contribution in [1.29, 1.82) is 0 Å². The van der Waals surface area contributed by atoms with Crippen molar-refractivity contribution in [2.45, 2.75) is 58.5 Å². The van der Waals surface area contributed by atoms with E-state index in [9.17, 15) is 9.90 Å². The van der Waals surface area contributed by atoms with Gasteiger partial charge in [0, 0.05) is 6.42 Å². The molecule has 0 rings (SSSR count). The van der Waals surface area contributed by atoms with Crippen molar-refractivity contribution >= 4 is 5.78 Å². The number of aliphatic hydroxyl groups excluding tert-OH is 1. The quantitative estimate of drug-likeness (QED) is 0.598. The summed E-state index contributed by atoms with van der Waals surface area (Å²) in [4.78, 5) is 10.6. The minimum absolute atomic E-state index is 0.151. The second-order valence-corrected chi connectivity index (χ2v) is 3.39. The maximum Gasteiger partial charge on any atom is 0.129 e. The third kappa shape index (κ3) is 7.73. The largest absolute Gasteiger partial charge is 0.393 e. The molecule has 72 valence electrons. The molecule has 0 saturated carbocycles. The number of Topliss-reactive ketones (excluding diaryl/α,β-unsaturated/α-hetero) is 1. The third-order valence-corrected chi connectivity index (χ3v) is 1.94. The molecule has 0 aromatic rings. The van der Waals surface area contributed by atoms with Gasteiger partial charge in [0.25, 0.3) is 0 Å². The highest BCUT2D eigenvalue weighted by molar-refractivity contribution is 5.75. The Balaban J connectivity index is 3.13. The Labute approximate surface area is 75.0 Å². The molecule has 0 fully saturated rings. The molecule has 2 heteroatoms. The Hall–Kier alpha value is -0.370. The first kappa shape index (κ1) is 11.6. The summed E-state index contributed by atoms with van der Waals surface area (Å²) in [5.74, 6) is 0.250. The van der Waals surface area contributed by atoms with Crippen LogP contribution in [0.15, 0.2) is 0 Å². The molecule has 0 amide bonds. The van der Waals surface area contributed by atoms with Crippen LogP contribution in [-0.4, -0.2) is 17.0 Å². The summed E-state index contributed by atoms with van der Waals surface area (Å²) in [5, 5.41) is 9.33. The van der Waals surface area contributed by atoms with E-state index in [1.807, 2.05) is 0 Å². The topological polar surface area (TPSA) is 37.3 Å². The Morgan fingerprint density at radius 1 is 1.33 bits per heavy atom. The van der Waals surface area contributed by atoms with Crippen molar-refractivity contribution in [2.75, 3.05) is 0 Å². The maximum absolute atomic E-state index is 10.6. The highest BCUT2D eigenvalue weighted by atomic mass is 16.3. The molecular formula is C10H20O2. The smallest absolute Gasteiger partial charge is 0.129 e. The van der Waals surface area contributed by atoms with Gasteiger partial charge < -0.3 is 9.90 Å². The van der Waals surface area contributed by atoms with Crippen molar-refractivity contribution < 1.29 is 9.90 Å². The molecule has 1 N–H and O–H groups in total. The first-order valence-corrected chi connectivity index (χ1v) is 4.84. The molecule has 0 bridgehead atoms. The molecule has 0 heterocycles. The van der Waals surface area contributed by atoms with Crippen LogP contribution in [0.2, 0.25) is 0 Å². The predicted molar refractivity (Wildman–Crippen MR) is 50.1 cm³/mol. The number of hydrogen-bond acceptors (Lipinski definition) is 2. The van der Waals surface area contributed by atoms with Crippen molar-refractivity contribution in [3.63, 3.8) is 0 Å². The first-order chi connectivity index (χ1) is 5.66. The number of unbranched alkanes of at least 4 members (excludes halogenated alkanes) is 1. The Kier molecular flexibility index (Phi) is 7.06. The number of carbonyl (C=O) groups is 1. The van der Waals surface area contributed by atoms with Gasteiger partial charge in [-0.15, -0.1) is 0 Å². The lowest BCUT2D eigenvalue weighted by Gasteiger charge is -2.07. The third-order valence-electron chi connectivity index (χ3n) is 1.94. The number of rotatable bonds is 7. The molecule has 0 aliphatic carbocycles. The maximum atomic E-state index is 10.6. The summed E-state index contributed by atoms with van der Waals surface area (Å²) in [7, 11) is 0. The van der Waals surface area contributed by atoms with E-state index in [0.717, 1.165) is 32.1 Å². The predicted octanol–water partition coefficient (Wildman–Crippen LogP) is 2.30. The van der Waals surface area contributed by atoms with Gasteiger partial charge in [0.05, 0.1) is 6.10 Å². The van der Waals surface area contributed by atoms with Crippen LogP contribution in [0.3, 0.4) is 0 Å². The van der Waals surface area contributed by atoms with Crippen LogP contribution < -0.4 is 0 Å². The lowest BCUT2D eigenvalue weighted by molar-refractivity contribution is -0.117. The van der Waals surface area contributed by atoms with Gasteiger partial charge in [-0.25, -0.2) is 0 Å². The Morgan fingerprint density at radius 2 is 2.00 bits per heavy atom. The van der Waals surface area contributed by atoms with Crippen molar-refractivity contribution in [2.24, 2.45) is 0 Å². The van der Waals surface area contributed by atoms with Gasteiger partial charge in [0.2, 0.25) is 0 Å². The monoisotopic (exact) mass is 172 g/mol. The molecule has 0 radical (unpaired) electrons. The van der Waals surface area contributed by atoms with Crippen LogP contribution >= 0.6 is 0 Å². The second kappa shape index (κ2) is 7.29.